The number of unbranched alkanes of at least 4 members (excludes halogenated alkanes) is 2. The Morgan fingerprint density at radius 3 is 2.10 bits per heavy atom. The SMILES string of the molecule is CCCCCC(=O)Oc1ccc(-c2ccc(C3CCC(CCC(C)C)CC3)cc2)cc1. The number of hydrogen-bond acceptors (Lipinski definition) is 2. The van der Waals surface area contributed by atoms with Crippen LogP contribution in [-0.4, -0.2) is 5.97 Å². The number of rotatable bonds is 10. The fraction of sp³-hybridized carbons (Fsp3) is 0.552. The van der Waals surface area contributed by atoms with E-state index in [1.54, 1.807) is 0 Å². The molecule has 31 heavy (non-hydrogen) atoms. The standard InChI is InChI=1S/C29H40O2/c1-4-5-6-7-29(30)31-28-20-18-27(19-21-28)26-16-14-25(15-17-26)24-12-10-23(11-13-24)9-8-22(2)3/h14-24H,4-13H2,1-3H3. The van der Waals surface area contributed by atoms with E-state index in [9.17, 15) is 4.79 Å². The minimum atomic E-state index is -0.135. The van der Waals surface area contributed by atoms with Gasteiger partial charge in [0, 0.05) is 6.42 Å². The van der Waals surface area contributed by atoms with Crippen molar-refractivity contribution in [2.75, 3.05) is 0 Å². The molecule has 2 heteroatoms. The van der Waals surface area contributed by atoms with Crippen LogP contribution in [0, 0.1) is 11.8 Å². The normalized spacial score (nSPS) is 18.8. The molecule has 2 aromatic carbocycles. The van der Waals surface area contributed by atoms with Crippen molar-refractivity contribution in [3.8, 4) is 16.9 Å². The quantitative estimate of drug-likeness (QED) is 0.219. The topological polar surface area (TPSA) is 26.3 Å². The second-order valence-electron chi connectivity index (χ2n) is 9.77. The van der Waals surface area contributed by atoms with Gasteiger partial charge in [0.2, 0.25) is 0 Å². The lowest BCUT2D eigenvalue weighted by atomic mass is 9.76. The summed E-state index contributed by atoms with van der Waals surface area (Å²) >= 11 is 0. The Bertz CT molecular complexity index is 780. The van der Waals surface area contributed by atoms with Gasteiger partial charge in [0.15, 0.2) is 0 Å². The molecule has 168 valence electrons. The van der Waals surface area contributed by atoms with E-state index >= 15 is 0 Å². The van der Waals surface area contributed by atoms with E-state index in [0.717, 1.165) is 42.6 Å². The van der Waals surface area contributed by atoms with Gasteiger partial charge >= 0.3 is 5.97 Å². The second kappa shape index (κ2) is 12.1. The molecule has 1 fully saturated rings. The van der Waals surface area contributed by atoms with E-state index in [-0.39, 0.29) is 5.97 Å². The van der Waals surface area contributed by atoms with Crippen LogP contribution in [0.3, 0.4) is 0 Å². The summed E-state index contributed by atoms with van der Waals surface area (Å²) in [5.41, 5.74) is 3.87. The first-order valence-corrected chi connectivity index (χ1v) is 12.5. The molecule has 0 aromatic heterocycles. The lowest BCUT2D eigenvalue weighted by Crippen LogP contribution is -2.14. The number of benzene rings is 2. The summed E-state index contributed by atoms with van der Waals surface area (Å²) in [4.78, 5) is 11.9. The molecular formula is C29H40O2. The van der Waals surface area contributed by atoms with E-state index in [4.69, 9.17) is 4.74 Å². The molecule has 0 saturated heterocycles. The van der Waals surface area contributed by atoms with Crippen molar-refractivity contribution in [1.29, 1.82) is 0 Å². The third kappa shape index (κ3) is 7.52. The van der Waals surface area contributed by atoms with Gasteiger partial charge in [-0.1, -0.05) is 82.9 Å². The Balaban J connectivity index is 1.50. The fourth-order valence-corrected chi connectivity index (χ4v) is 4.72. The first-order chi connectivity index (χ1) is 15.0. The molecule has 0 atom stereocenters. The van der Waals surface area contributed by atoms with Crippen LogP contribution < -0.4 is 4.74 Å². The first-order valence-electron chi connectivity index (χ1n) is 12.5. The second-order valence-corrected chi connectivity index (χ2v) is 9.77. The zero-order valence-corrected chi connectivity index (χ0v) is 19.7. The van der Waals surface area contributed by atoms with Crippen LogP contribution in [0.1, 0.15) is 96.5 Å². The van der Waals surface area contributed by atoms with Crippen LogP contribution in [0.4, 0.5) is 0 Å². The molecule has 0 spiro atoms. The average molecular weight is 421 g/mol. The van der Waals surface area contributed by atoms with Gasteiger partial charge in [-0.25, -0.2) is 0 Å². The predicted octanol–water partition coefficient (Wildman–Crippen LogP) is 8.55. The zero-order valence-electron chi connectivity index (χ0n) is 19.7. The molecule has 0 aliphatic heterocycles. The lowest BCUT2D eigenvalue weighted by Gasteiger charge is -2.29. The smallest absolute Gasteiger partial charge is 0.311 e. The van der Waals surface area contributed by atoms with Gasteiger partial charge in [0.1, 0.15) is 5.75 Å². The zero-order chi connectivity index (χ0) is 22.1. The molecule has 2 aromatic rings. The highest BCUT2D eigenvalue weighted by molar-refractivity contribution is 5.73. The van der Waals surface area contributed by atoms with Crippen LogP contribution in [-0.2, 0) is 4.79 Å². The maximum atomic E-state index is 11.9. The Morgan fingerprint density at radius 2 is 1.52 bits per heavy atom. The Kier molecular flexibility index (Phi) is 9.18. The summed E-state index contributed by atoms with van der Waals surface area (Å²) in [7, 11) is 0. The number of ether oxygens (including phenoxy) is 1. The van der Waals surface area contributed by atoms with E-state index in [0.29, 0.717) is 12.2 Å². The van der Waals surface area contributed by atoms with Crippen molar-refractivity contribution in [1.82, 2.24) is 0 Å². The highest BCUT2D eigenvalue weighted by atomic mass is 16.5. The van der Waals surface area contributed by atoms with Gasteiger partial charge in [0.05, 0.1) is 0 Å². The monoisotopic (exact) mass is 420 g/mol. The van der Waals surface area contributed by atoms with Gasteiger partial charge < -0.3 is 4.74 Å². The lowest BCUT2D eigenvalue weighted by molar-refractivity contribution is -0.134. The minimum Gasteiger partial charge on any atom is -0.427 e. The van der Waals surface area contributed by atoms with E-state index in [1.165, 1.54) is 49.7 Å². The highest BCUT2D eigenvalue weighted by Gasteiger charge is 2.22. The highest BCUT2D eigenvalue weighted by Crippen LogP contribution is 2.38. The molecule has 2 nitrogen and oxygen atoms in total. The summed E-state index contributed by atoms with van der Waals surface area (Å²) in [6.45, 7) is 6.81. The molecule has 3 rings (SSSR count). The van der Waals surface area contributed by atoms with Crippen molar-refractivity contribution in [2.45, 2.75) is 90.9 Å². The molecule has 0 N–H and O–H groups in total. The third-order valence-electron chi connectivity index (χ3n) is 6.78. The number of carbonyl (C=O) groups is 1. The van der Waals surface area contributed by atoms with E-state index in [2.05, 4.69) is 45.0 Å². The summed E-state index contributed by atoms with van der Waals surface area (Å²) in [5.74, 6) is 2.99. The maximum Gasteiger partial charge on any atom is 0.311 e. The summed E-state index contributed by atoms with van der Waals surface area (Å²) < 4.78 is 5.45. The number of carbonyl (C=O) groups excluding carboxylic acids is 1. The van der Waals surface area contributed by atoms with Crippen molar-refractivity contribution in [2.24, 2.45) is 11.8 Å². The van der Waals surface area contributed by atoms with Crippen molar-refractivity contribution < 1.29 is 9.53 Å². The molecule has 0 amide bonds. The van der Waals surface area contributed by atoms with Gasteiger partial charge in [-0.15, -0.1) is 0 Å². The molecular weight excluding hydrogens is 380 g/mol. The Labute approximate surface area is 189 Å². The van der Waals surface area contributed by atoms with Gasteiger partial charge in [-0.05, 0) is 78.7 Å². The molecule has 0 bridgehead atoms. The molecule has 1 saturated carbocycles. The predicted molar refractivity (Wildman–Crippen MR) is 130 cm³/mol. The largest absolute Gasteiger partial charge is 0.427 e. The maximum absolute atomic E-state index is 11.9. The van der Waals surface area contributed by atoms with Crippen molar-refractivity contribution >= 4 is 5.97 Å². The average Bonchev–Trinajstić information content (AvgIpc) is 2.79. The number of hydrogen-bond donors (Lipinski definition) is 0. The first kappa shape index (κ1) is 23.6. The van der Waals surface area contributed by atoms with E-state index in [1.807, 2.05) is 24.3 Å². The van der Waals surface area contributed by atoms with Gasteiger partial charge in [0.25, 0.3) is 0 Å². The molecule has 1 aliphatic carbocycles. The van der Waals surface area contributed by atoms with Crippen LogP contribution in [0.2, 0.25) is 0 Å². The Hall–Kier alpha value is -2.09. The third-order valence-corrected chi connectivity index (χ3v) is 6.78. The summed E-state index contributed by atoms with van der Waals surface area (Å²) in [6.07, 6.45) is 11.8. The van der Waals surface area contributed by atoms with Crippen LogP contribution in [0.15, 0.2) is 48.5 Å². The van der Waals surface area contributed by atoms with Crippen molar-refractivity contribution in [3.05, 3.63) is 54.1 Å². The van der Waals surface area contributed by atoms with Crippen LogP contribution in [0.5, 0.6) is 5.75 Å². The summed E-state index contributed by atoms with van der Waals surface area (Å²) in [6, 6.07) is 17.0. The minimum absolute atomic E-state index is 0.135. The Morgan fingerprint density at radius 1 is 0.903 bits per heavy atom. The number of esters is 1. The van der Waals surface area contributed by atoms with E-state index < -0.39 is 0 Å². The van der Waals surface area contributed by atoms with Crippen LogP contribution >= 0.6 is 0 Å². The summed E-state index contributed by atoms with van der Waals surface area (Å²) in [5, 5.41) is 0. The van der Waals surface area contributed by atoms with Crippen molar-refractivity contribution in [3.63, 3.8) is 0 Å². The molecule has 0 radical (unpaired) electrons. The van der Waals surface area contributed by atoms with Crippen LogP contribution in [0.25, 0.3) is 11.1 Å². The van der Waals surface area contributed by atoms with Gasteiger partial charge in [-0.3, -0.25) is 4.79 Å². The van der Waals surface area contributed by atoms with Gasteiger partial charge in [-0.2, -0.15) is 0 Å². The fourth-order valence-electron chi connectivity index (χ4n) is 4.72. The molecule has 1 aliphatic rings. The molecule has 0 heterocycles. The molecule has 0 unspecified atom stereocenters.